The SMILES string of the molecule is COc1ccc(C(=O)C2COCCO2)c2ccccc12. The number of carbonyl (C=O) groups excluding carboxylic acids is 1. The molecule has 1 fully saturated rings. The number of hydrogen-bond acceptors (Lipinski definition) is 4. The van der Waals surface area contributed by atoms with Gasteiger partial charge in [-0.3, -0.25) is 4.79 Å². The molecule has 2 aromatic carbocycles. The Bertz CT molecular complexity index is 629. The van der Waals surface area contributed by atoms with Crippen LogP contribution < -0.4 is 4.74 Å². The Balaban J connectivity index is 2.05. The molecular weight excluding hydrogens is 256 g/mol. The molecule has 0 radical (unpaired) electrons. The van der Waals surface area contributed by atoms with Crippen LogP contribution in [0.4, 0.5) is 0 Å². The fourth-order valence-corrected chi connectivity index (χ4v) is 2.48. The topological polar surface area (TPSA) is 44.8 Å². The average Bonchev–Trinajstić information content (AvgIpc) is 2.54. The zero-order valence-electron chi connectivity index (χ0n) is 11.3. The lowest BCUT2D eigenvalue weighted by molar-refractivity contribution is -0.0718. The molecule has 20 heavy (non-hydrogen) atoms. The monoisotopic (exact) mass is 272 g/mol. The van der Waals surface area contributed by atoms with Gasteiger partial charge in [0.1, 0.15) is 11.9 Å². The second kappa shape index (κ2) is 5.61. The van der Waals surface area contributed by atoms with Gasteiger partial charge in [0, 0.05) is 10.9 Å². The van der Waals surface area contributed by atoms with Gasteiger partial charge < -0.3 is 14.2 Å². The molecule has 0 aromatic heterocycles. The van der Waals surface area contributed by atoms with Crippen molar-refractivity contribution < 1.29 is 19.0 Å². The standard InChI is InChI=1S/C16H16O4/c1-18-14-7-6-13(11-4-2-3-5-12(11)14)16(17)15-10-19-8-9-20-15/h2-7,15H,8-10H2,1H3. The summed E-state index contributed by atoms with van der Waals surface area (Å²) in [5.41, 5.74) is 0.650. The van der Waals surface area contributed by atoms with Gasteiger partial charge in [0.25, 0.3) is 0 Å². The summed E-state index contributed by atoms with van der Waals surface area (Å²) in [5, 5.41) is 1.81. The van der Waals surface area contributed by atoms with Crippen LogP contribution >= 0.6 is 0 Å². The van der Waals surface area contributed by atoms with E-state index in [1.165, 1.54) is 0 Å². The van der Waals surface area contributed by atoms with E-state index < -0.39 is 6.10 Å². The molecule has 3 rings (SSSR count). The highest BCUT2D eigenvalue weighted by Gasteiger charge is 2.25. The first-order valence-corrected chi connectivity index (χ1v) is 6.60. The van der Waals surface area contributed by atoms with E-state index in [0.717, 1.165) is 16.5 Å². The third-order valence-corrected chi connectivity index (χ3v) is 3.48. The van der Waals surface area contributed by atoms with Crippen molar-refractivity contribution in [2.45, 2.75) is 6.10 Å². The number of ether oxygens (including phenoxy) is 3. The largest absolute Gasteiger partial charge is 0.496 e. The third-order valence-electron chi connectivity index (χ3n) is 3.48. The Kier molecular flexibility index (Phi) is 3.67. The Morgan fingerprint density at radius 3 is 2.65 bits per heavy atom. The van der Waals surface area contributed by atoms with Crippen molar-refractivity contribution in [3.05, 3.63) is 42.0 Å². The normalized spacial score (nSPS) is 18.9. The van der Waals surface area contributed by atoms with Crippen molar-refractivity contribution in [1.29, 1.82) is 0 Å². The average molecular weight is 272 g/mol. The van der Waals surface area contributed by atoms with Crippen LogP contribution in [0.15, 0.2) is 36.4 Å². The van der Waals surface area contributed by atoms with Crippen LogP contribution in [0.2, 0.25) is 0 Å². The van der Waals surface area contributed by atoms with Crippen LogP contribution in [0.3, 0.4) is 0 Å². The molecule has 1 saturated heterocycles. The molecule has 0 bridgehead atoms. The quantitative estimate of drug-likeness (QED) is 0.805. The second-order valence-corrected chi connectivity index (χ2v) is 4.66. The molecule has 1 heterocycles. The molecule has 2 aromatic rings. The smallest absolute Gasteiger partial charge is 0.194 e. The zero-order chi connectivity index (χ0) is 13.9. The van der Waals surface area contributed by atoms with E-state index in [1.807, 2.05) is 30.3 Å². The lowest BCUT2D eigenvalue weighted by Gasteiger charge is -2.22. The van der Waals surface area contributed by atoms with Gasteiger partial charge in [-0.15, -0.1) is 0 Å². The number of Topliss-reactive ketones (excluding diaryl/α,β-unsaturated/α-hetero) is 1. The summed E-state index contributed by atoms with van der Waals surface area (Å²) in [6, 6.07) is 11.3. The van der Waals surface area contributed by atoms with Crippen molar-refractivity contribution in [2.75, 3.05) is 26.9 Å². The molecule has 1 atom stereocenters. The number of benzene rings is 2. The maximum absolute atomic E-state index is 12.6. The van der Waals surface area contributed by atoms with Crippen molar-refractivity contribution in [3.8, 4) is 5.75 Å². The summed E-state index contributed by atoms with van der Waals surface area (Å²) in [5.74, 6) is 0.724. The van der Waals surface area contributed by atoms with Crippen LogP contribution in [0.1, 0.15) is 10.4 Å². The van der Waals surface area contributed by atoms with Crippen LogP contribution in [-0.4, -0.2) is 38.8 Å². The van der Waals surface area contributed by atoms with Crippen LogP contribution in [0.25, 0.3) is 10.8 Å². The van der Waals surface area contributed by atoms with Gasteiger partial charge in [-0.2, -0.15) is 0 Å². The molecule has 1 aliphatic heterocycles. The molecule has 104 valence electrons. The number of ketones is 1. The van der Waals surface area contributed by atoms with E-state index in [4.69, 9.17) is 14.2 Å². The summed E-state index contributed by atoms with van der Waals surface area (Å²) in [4.78, 5) is 12.6. The molecule has 1 aliphatic rings. The van der Waals surface area contributed by atoms with Crippen LogP contribution in [0.5, 0.6) is 5.75 Å². The maximum Gasteiger partial charge on any atom is 0.194 e. The molecule has 0 N–H and O–H groups in total. The van der Waals surface area contributed by atoms with Crippen molar-refractivity contribution in [2.24, 2.45) is 0 Å². The fraction of sp³-hybridized carbons (Fsp3) is 0.312. The number of methoxy groups -OCH3 is 1. The molecule has 0 aliphatic carbocycles. The fourth-order valence-electron chi connectivity index (χ4n) is 2.48. The Morgan fingerprint density at radius 1 is 1.15 bits per heavy atom. The van der Waals surface area contributed by atoms with Gasteiger partial charge >= 0.3 is 0 Å². The Hall–Kier alpha value is -1.91. The summed E-state index contributed by atoms with van der Waals surface area (Å²) >= 11 is 0. The van der Waals surface area contributed by atoms with Crippen LogP contribution in [-0.2, 0) is 9.47 Å². The Labute approximate surface area is 117 Å². The minimum atomic E-state index is -0.513. The molecular formula is C16H16O4. The van der Waals surface area contributed by atoms with Gasteiger partial charge in [0.15, 0.2) is 5.78 Å². The first-order valence-electron chi connectivity index (χ1n) is 6.60. The minimum Gasteiger partial charge on any atom is -0.496 e. The van der Waals surface area contributed by atoms with Gasteiger partial charge in [0.2, 0.25) is 0 Å². The molecule has 1 unspecified atom stereocenters. The number of rotatable bonds is 3. The van der Waals surface area contributed by atoms with E-state index >= 15 is 0 Å². The van der Waals surface area contributed by atoms with E-state index in [9.17, 15) is 4.79 Å². The highest BCUT2D eigenvalue weighted by molar-refractivity contribution is 6.11. The molecule has 0 spiro atoms. The number of hydrogen-bond donors (Lipinski definition) is 0. The lowest BCUT2D eigenvalue weighted by atomic mass is 9.98. The van der Waals surface area contributed by atoms with Crippen LogP contribution in [0, 0.1) is 0 Å². The summed E-state index contributed by atoms with van der Waals surface area (Å²) in [6.45, 7) is 1.33. The molecule has 4 nitrogen and oxygen atoms in total. The van der Waals surface area contributed by atoms with Gasteiger partial charge in [-0.05, 0) is 17.5 Å². The second-order valence-electron chi connectivity index (χ2n) is 4.66. The van der Waals surface area contributed by atoms with Gasteiger partial charge in [-0.1, -0.05) is 24.3 Å². The number of fused-ring (bicyclic) bond motifs is 1. The van der Waals surface area contributed by atoms with E-state index in [2.05, 4.69) is 0 Å². The summed E-state index contributed by atoms with van der Waals surface area (Å²) < 4.78 is 16.1. The maximum atomic E-state index is 12.6. The zero-order valence-corrected chi connectivity index (χ0v) is 11.3. The third kappa shape index (κ3) is 2.28. The van der Waals surface area contributed by atoms with Gasteiger partial charge in [-0.25, -0.2) is 0 Å². The predicted octanol–water partition coefficient (Wildman–Crippen LogP) is 2.45. The van der Waals surface area contributed by atoms with E-state index in [1.54, 1.807) is 13.2 Å². The molecule has 0 saturated carbocycles. The first-order chi connectivity index (χ1) is 9.81. The summed E-state index contributed by atoms with van der Waals surface area (Å²) in [7, 11) is 1.63. The first kappa shape index (κ1) is 13.1. The predicted molar refractivity (Wildman–Crippen MR) is 75.4 cm³/mol. The van der Waals surface area contributed by atoms with Gasteiger partial charge in [0.05, 0.1) is 26.9 Å². The lowest BCUT2D eigenvalue weighted by Crippen LogP contribution is -2.35. The van der Waals surface area contributed by atoms with E-state index in [0.29, 0.717) is 25.4 Å². The van der Waals surface area contributed by atoms with Crippen molar-refractivity contribution in [1.82, 2.24) is 0 Å². The molecule has 0 amide bonds. The number of carbonyl (C=O) groups is 1. The Morgan fingerprint density at radius 2 is 1.95 bits per heavy atom. The molecule has 4 heteroatoms. The summed E-state index contributed by atoms with van der Waals surface area (Å²) in [6.07, 6.45) is -0.513. The highest BCUT2D eigenvalue weighted by Crippen LogP contribution is 2.29. The minimum absolute atomic E-state index is 0.0384. The van der Waals surface area contributed by atoms with Crippen molar-refractivity contribution >= 4 is 16.6 Å². The highest BCUT2D eigenvalue weighted by atomic mass is 16.6. The van der Waals surface area contributed by atoms with Crippen molar-refractivity contribution in [3.63, 3.8) is 0 Å². The van der Waals surface area contributed by atoms with E-state index in [-0.39, 0.29) is 5.78 Å².